The van der Waals surface area contributed by atoms with Crippen LogP contribution < -0.4 is 14.4 Å². The standard InChI is InChI=1S/C34H39NO5/c1-9-40-27-18-13-22(20-26(27)34(5,6)7)30(36)28-29(21-11-10-12-25(19-21)39-8)35(32(38)31(28)37)24-16-14-23(15-17-24)33(2,3)4/h10-20,29,36H,9H2,1-8H3/b30-28-. The van der Waals surface area contributed by atoms with Gasteiger partial charge in [0.2, 0.25) is 0 Å². The lowest BCUT2D eigenvalue weighted by molar-refractivity contribution is -0.132. The Morgan fingerprint density at radius 2 is 1.57 bits per heavy atom. The SMILES string of the molecule is CCOc1ccc(/C(O)=C2/C(=O)C(=O)N(c3ccc(C(C)(C)C)cc3)C2c2cccc(OC)c2)cc1C(C)(C)C. The Hall–Kier alpha value is -4.06. The van der Waals surface area contributed by atoms with E-state index in [0.717, 1.165) is 16.9 Å². The molecule has 3 aromatic carbocycles. The number of nitrogens with zero attached hydrogens (tertiary/aromatic N) is 1. The molecule has 0 bridgehead atoms. The van der Waals surface area contributed by atoms with Crippen LogP contribution in [0, 0.1) is 0 Å². The molecule has 4 rings (SSSR count). The van der Waals surface area contributed by atoms with Gasteiger partial charge in [-0.05, 0) is 71.3 Å². The zero-order valence-electron chi connectivity index (χ0n) is 24.7. The monoisotopic (exact) mass is 541 g/mol. The van der Waals surface area contributed by atoms with Crippen LogP contribution >= 0.6 is 0 Å². The summed E-state index contributed by atoms with van der Waals surface area (Å²) in [6.07, 6.45) is 0. The predicted octanol–water partition coefficient (Wildman–Crippen LogP) is 7.32. The molecule has 1 amide bonds. The molecule has 1 N–H and O–H groups in total. The van der Waals surface area contributed by atoms with Crippen LogP contribution in [0.2, 0.25) is 0 Å². The van der Waals surface area contributed by atoms with Crippen molar-refractivity contribution in [3.8, 4) is 11.5 Å². The fourth-order valence-corrected chi connectivity index (χ4v) is 5.05. The van der Waals surface area contributed by atoms with Gasteiger partial charge in [0, 0.05) is 16.8 Å². The Labute approximate surface area is 237 Å². The molecule has 1 heterocycles. The Kier molecular flexibility index (Phi) is 7.84. The number of amides is 1. The second kappa shape index (κ2) is 10.8. The molecule has 0 aliphatic carbocycles. The Morgan fingerprint density at radius 1 is 0.900 bits per heavy atom. The molecule has 1 saturated heterocycles. The molecule has 3 aromatic rings. The van der Waals surface area contributed by atoms with E-state index in [0.29, 0.717) is 29.2 Å². The minimum Gasteiger partial charge on any atom is -0.507 e. The van der Waals surface area contributed by atoms with Gasteiger partial charge in [-0.2, -0.15) is 0 Å². The van der Waals surface area contributed by atoms with Gasteiger partial charge in [0.1, 0.15) is 17.3 Å². The van der Waals surface area contributed by atoms with Crippen molar-refractivity contribution in [1.82, 2.24) is 0 Å². The molecular weight excluding hydrogens is 502 g/mol. The van der Waals surface area contributed by atoms with Gasteiger partial charge in [-0.1, -0.05) is 65.8 Å². The van der Waals surface area contributed by atoms with Gasteiger partial charge in [-0.25, -0.2) is 0 Å². The molecule has 0 radical (unpaired) electrons. The lowest BCUT2D eigenvalue weighted by Gasteiger charge is -2.27. The first-order valence-corrected chi connectivity index (χ1v) is 13.6. The minimum absolute atomic E-state index is 0.0298. The van der Waals surface area contributed by atoms with E-state index in [-0.39, 0.29) is 22.2 Å². The normalized spacial score (nSPS) is 17.3. The van der Waals surface area contributed by atoms with Crippen LogP contribution in [-0.4, -0.2) is 30.5 Å². The van der Waals surface area contributed by atoms with Gasteiger partial charge >= 0.3 is 0 Å². The van der Waals surface area contributed by atoms with Gasteiger partial charge in [-0.15, -0.1) is 0 Å². The number of aliphatic hydroxyl groups is 1. The molecule has 1 aliphatic rings. The maximum atomic E-state index is 13.7. The molecule has 1 atom stereocenters. The topological polar surface area (TPSA) is 76.1 Å². The summed E-state index contributed by atoms with van der Waals surface area (Å²) in [6.45, 7) is 15.0. The summed E-state index contributed by atoms with van der Waals surface area (Å²) >= 11 is 0. The Balaban J connectivity index is 1.94. The van der Waals surface area contributed by atoms with Crippen LogP contribution in [0.25, 0.3) is 5.76 Å². The smallest absolute Gasteiger partial charge is 0.300 e. The maximum absolute atomic E-state index is 13.7. The number of ether oxygens (including phenoxy) is 2. The van der Waals surface area contributed by atoms with Gasteiger partial charge in [0.25, 0.3) is 11.7 Å². The predicted molar refractivity (Wildman–Crippen MR) is 159 cm³/mol. The zero-order chi connectivity index (χ0) is 29.4. The number of carbonyl (C=O) groups excluding carboxylic acids is 2. The maximum Gasteiger partial charge on any atom is 0.300 e. The second-order valence-electron chi connectivity index (χ2n) is 12.1. The third kappa shape index (κ3) is 5.48. The Morgan fingerprint density at radius 3 is 2.15 bits per heavy atom. The van der Waals surface area contributed by atoms with Crippen molar-refractivity contribution in [1.29, 1.82) is 0 Å². The summed E-state index contributed by atoms with van der Waals surface area (Å²) in [5.74, 6) is -0.359. The van der Waals surface area contributed by atoms with Gasteiger partial charge in [0.15, 0.2) is 0 Å². The average Bonchev–Trinajstić information content (AvgIpc) is 3.17. The number of ketones is 1. The van der Waals surface area contributed by atoms with Crippen molar-refractivity contribution in [3.63, 3.8) is 0 Å². The molecular formula is C34H39NO5. The molecule has 0 spiro atoms. The van der Waals surface area contributed by atoms with E-state index in [9.17, 15) is 14.7 Å². The van der Waals surface area contributed by atoms with Gasteiger partial charge in [-0.3, -0.25) is 14.5 Å². The van der Waals surface area contributed by atoms with Gasteiger partial charge in [0.05, 0.1) is 25.3 Å². The summed E-state index contributed by atoms with van der Waals surface area (Å²) in [7, 11) is 1.56. The fourth-order valence-electron chi connectivity index (χ4n) is 5.05. The highest BCUT2D eigenvalue weighted by molar-refractivity contribution is 6.51. The van der Waals surface area contributed by atoms with Crippen molar-refractivity contribution in [2.45, 2.75) is 65.3 Å². The third-order valence-electron chi connectivity index (χ3n) is 7.23. The van der Waals surface area contributed by atoms with Crippen LogP contribution in [-0.2, 0) is 20.4 Å². The first-order valence-electron chi connectivity index (χ1n) is 13.6. The van der Waals surface area contributed by atoms with E-state index in [1.807, 2.05) is 49.4 Å². The fraction of sp³-hybridized carbons (Fsp3) is 0.353. The Bertz CT molecular complexity index is 1450. The molecule has 6 heteroatoms. The zero-order valence-corrected chi connectivity index (χ0v) is 24.7. The molecule has 0 aromatic heterocycles. The summed E-state index contributed by atoms with van der Waals surface area (Å²) in [4.78, 5) is 28.7. The van der Waals surface area contributed by atoms with E-state index in [4.69, 9.17) is 9.47 Å². The largest absolute Gasteiger partial charge is 0.507 e. The van der Waals surface area contributed by atoms with E-state index < -0.39 is 17.7 Å². The second-order valence-corrected chi connectivity index (χ2v) is 12.1. The quantitative estimate of drug-likeness (QED) is 0.201. The molecule has 40 heavy (non-hydrogen) atoms. The number of aliphatic hydroxyl groups excluding tert-OH is 1. The highest BCUT2D eigenvalue weighted by Crippen LogP contribution is 2.44. The lowest BCUT2D eigenvalue weighted by atomic mass is 9.84. The highest BCUT2D eigenvalue weighted by atomic mass is 16.5. The minimum atomic E-state index is -0.847. The molecule has 1 aliphatic heterocycles. The summed E-state index contributed by atoms with van der Waals surface area (Å²) < 4.78 is 11.3. The molecule has 0 saturated carbocycles. The lowest BCUT2D eigenvalue weighted by Crippen LogP contribution is -2.29. The van der Waals surface area contributed by atoms with Gasteiger partial charge < -0.3 is 14.6 Å². The number of anilines is 1. The van der Waals surface area contributed by atoms with Crippen LogP contribution in [0.5, 0.6) is 11.5 Å². The average molecular weight is 542 g/mol. The van der Waals surface area contributed by atoms with Crippen LogP contribution in [0.15, 0.2) is 72.3 Å². The van der Waals surface area contributed by atoms with Crippen molar-refractivity contribution >= 4 is 23.1 Å². The van der Waals surface area contributed by atoms with Crippen LogP contribution in [0.3, 0.4) is 0 Å². The number of benzene rings is 3. The van der Waals surface area contributed by atoms with Crippen molar-refractivity contribution in [2.24, 2.45) is 0 Å². The summed E-state index contributed by atoms with van der Waals surface area (Å²) in [5.41, 5.74) is 3.35. The number of methoxy groups -OCH3 is 1. The van der Waals surface area contributed by atoms with Crippen LogP contribution in [0.1, 0.15) is 76.8 Å². The number of carbonyl (C=O) groups is 2. The molecule has 6 nitrogen and oxygen atoms in total. The highest BCUT2D eigenvalue weighted by Gasteiger charge is 2.47. The van der Waals surface area contributed by atoms with Crippen LogP contribution in [0.4, 0.5) is 5.69 Å². The van der Waals surface area contributed by atoms with E-state index >= 15 is 0 Å². The number of hydrogen-bond donors (Lipinski definition) is 1. The molecule has 210 valence electrons. The molecule has 1 unspecified atom stereocenters. The number of hydrogen-bond acceptors (Lipinski definition) is 5. The number of Topliss-reactive ketones (excluding diaryl/α,β-unsaturated/α-hetero) is 1. The first kappa shape index (κ1) is 28.9. The van der Waals surface area contributed by atoms with Crippen molar-refractivity contribution < 1.29 is 24.2 Å². The van der Waals surface area contributed by atoms with Crippen molar-refractivity contribution in [2.75, 3.05) is 18.6 Å². The van der Waals surface area contributed by atoms with E-state index in [1.54, 1.807) is 31.4 Å². The number of rotatable bonds is 6. The third-order valence-corrected chi connectivity index (χ3v) is 7.23. The summed E-state index contributed by atoms with van der Waals surface area (Å²) in [5, 5.41) is 11.7. The van der Waals surface area contributed by atoms with Crippen molar-refractivity contribution in [3.05, 3.63) is 94.6 Å². The summed E-state index contributed by atoms with van der Waals surface area (Å²) in [6, 6.07) is 19.4. The molecule has 1 fully saturated rings. The first-order chi connectivity index (χ1) is 18.8. The van der Waals surface area contributed by atoms with E-state index in [2.05, 4.69) is 41.5 Å². The van der Waals surface area contributed by atoms with E-state index in [1.165, 1.54) is 4.90 Å².